The van der Waals surface area contributed by atoms with Crippen LogP contribution in [0.3, 0.4) is 0 Å². The molecule has 1 aliphatic rings. The number of rotatable bonds is 4. The van der Waals surface area contributed by atoms with E-state index in [-0.39, 0.29) is 24.0 Å². The van der Waals surface area contributed by atoms with E-state index in [1.807, 2.05) is 13.8 Å². The minimum atomic E-state index is -0.227. The maximum absolute atomic E-state index is 12.1. The summed E-state index contributed by atoms with van der Waals surface area (Å²) in [6.45, 7) is 5.45. The lowest BCUT2D eigenvalue weighted by Crippen LogP contribution is -2.48. The molecule has 0 spiro atoms. The lowest BCUT2D eigenvalue weighted by atomic mass is 10.2. The second kappa shape index (κ2) is 6.56. The van der Waals surface area contributed by atoms with Gasteiger partial charge in [-0.15, -0.1) is 0 Å². The van der Waals surface area contributed by atoms with Crippen molar-refractivity contribution in [2.24, 2.45) is 0 Å². The smallest absolute Gasteiger partial charge is 0.254 e. The summed E-state index contributed by atoms with van der Waals surface area (Å²) in [7, 11) is 0. The Morgan fingerprint density at radius 2 is 2.05 bits per heavy atom. The number of nitrogens with one attached hydrogen (secondary N) is 1. The highest BCUT2D eigenvalue weighted by Crippen LogP contribution is 2.11. The molecule has 1 N–H and O–H groups in total. The molecule has 6 heteroatoms. The van der Waals surface area contributed by atoms with E-state index in [0.717, 1.165) is 0 Å². The maximum Gasteiger partial charge on any atom is 0.254 e. The van der Waals surface area contributed by atoms with Gasteiger partial charge >= 0.3 is 0 Å². The fourth-order valence-electron chi connectivity index (χ4n) is 2.32. The molecular weight excluding hydrogens is 260 g/mol. The van der Waals surface area contributed by atoms with Gasteiger partial charge in [-0.3, -0.25) is 9.59 Å². The van der Waals surface area contributed by atoms with Crippen LogP contribution in [-0.4, -0.2) is 48.6 Å². The summed E-state index contributed by atoms with van der Waals surface area (Å²) in [5, 5.41) is 2.70. The predicted molar refractivity (Wildman–Crippen MR) is 72.2 cm³/mol. The molecule has 20 heavy (non-hydrogen) atoms. The van der Waals surface area contributed by atoms with Crippen LogP contribution in [0.25, 0.3) is 0 Å². The largest absolute Gasteiger partial charge is 0.472 e. The highest BCUT2D eigenvalue weighted by molar-refractivity contribution is 5.94. The van der Waals surface area contributed by atoms with Crippen LogP contribution >= 0.6 is 0 Å². The van der Waals surface area contributed by atoms with Gasteiger partial charge in [-0.1, -0.05) is 0 Å². The molecule has 0 bridgehead atoms. The third-order valence-electron chi connectivity index (χ3n) is 3.18. The summed E-state index contributed by atoms with van der Waals surface area (Å²) in [5.41, 5.74) is 0.464. The van der Waals surface area contributed by atoms with Crippen LogP contribution in [0.2, 0.25) is 0 Å². The van der Waals surface area contributed by atoms with Crippen LogP contribution in [-0.2, 0) is 9.53 Å². The molecule has 0 aliphatic carbocycles. The van der Waals surface area contributed by atoms with Crippen LogP contribution in [0.4, 0.5) is 0 Å². The van der Waals surface area contributed by atoms with E-state index in [1.54, 1.807) is 11.0 Å². The molecule has 2 rings (SSSR count). The fraction of sp³-hybridized carbons (Fsp3) is 0.571. The third-order valence-corrected chi connectivity index (χ3v) is 3.18. The Labute approximate surface area is 118 Å². The second-order valence-electron chi connectivity index (χ2n) is 5.07. The Bertz CT molecular complexity index is 448. The van der Waals surface area contributed by atoms with E-state index in [2.05, 4.69) is 5.32 Å². The quantitative estimate of drug-likeness (QED) is 0.894. The molecule has 1 fully saturated rings. The highest BCUT2D eigenvalue weighted by atomic mass is 16.5. The highest BCUT2D eigenvalue weighted by Gasteiger charge is 2.25. The first-order valence-corrected chi connectivity index (χ1v) is 6.80. The van der Waals surface area contributed by atoms with E-state index >= 15 is 0 Å². The summed E-state index contributed by atoms with van der Waals surface area (Å²) < 4.78 is 10.4. The molecule has 1 aromatic heterocycles. The summed E-state index contributed by atoms with van der Waals surface area (Å²) in [5.74, 6) is -0.185. The number of hydrogen-bond acceptors (Lipinski definition) is 4. The number of hydrogen-bond donors (Lipinski definition) is 1. The van der Waals surface area contributed by atoms with Crippen molar-refractivity contribution in [3.05, 3.63) is 24.2 Å². The number of ether oxygens (including phenoxy) is 1. The summed E-state index contributed by atoms with van der Waals surface area (Å²) in [6.07, 6.45) is 3.23. The van der Waals surface area contributed by atoms with E-state index in [1.165, 1.54) is 12.5 Å². The average Bonchev–Trinajstić information content (AvgIpc) is 2.91. The SMILES string of the molecule is CC1CN(C(=O)CCNC(=O)c2ccoc2)CC(C)O1. The maximum atomic E-state index is 12.1. The zero-order chi connectivity index (χ0) is 14.5. The molecule has 2 amide bonds. The lowest BCUT2D eigenvalue weighted by molar-refractivity contribution is -0.143. The summed E-state index contributed by atoms with van der Waals surface area (Å²) >= 11 is 0. The average molecular weight is 280 g/mol. The van der Waals surface area contributed by atoms with Gasteiger partial charge in [-0.2, -0.15) is 0 Å². The van der Waals surface area contributed by atoms with Crippen LogP contribution in [0.15, 0.2) is 23.0 Å². The minimum Gasteiger partial charge on any atom is -0.472 e. The molecule has 1 aliphatic heterocycles. The molecular formula is C14H20N2O4. The van der Waals surface area contributed by atoms with E-state index in [0.29, 0.717) is 31.6 Å². The van der Waals surface area contributed by atoms with Gasteiger partial charge in [-0.25, -0.2) is 0 Å². The molecule has 2 unspecified atom stereocenters. The molecule has 2 atom stereocenters. The Hall–Kier alpha value is -1.82. The lowest BCUT2D eigenvalue weighted by Gasteiger charge is -2.35. The summed E-state index contributed by atoms with van der Waals surface area (Å²) in [6, 6.07) is 1.59. The van der Waals surface area contributed by atoms with Crippen molar-refractivity contribution in [1.29, 1.82) is 0 Å². The monoisotopic (exact) mass is 280 g/mol. The molecule has 2 heterocycles. The van der Waals surface area contributed by atoms with Gasteiger partial charge in [0.25, 0.3) is 5.91 Å². The van der Waals surface area contributed by atoms with Crippen molar-refractivity contribution >= 4 is 11.8 Å². The Morgan fingerprint density at radius 1 is 1.35 bits per heavy atom. The number of furan rings is 1. The fourth-order valence-corrected chi connectivity index (χ4v) is 2.32. The van der Waals surface area contributed by atoms with Gasteiger partial charge in [0.05, 0.1) is 24.0 Å². The number of amides is 2. The van der Waals surface area contributed by atoms with Crippen LogP contribution in [0, 0.1) is 0 Å². The number of morpholine rings is 1. The molecule has 110 valence electrons. The summed E-state index contributed by atoms with van der Waals surface area (Å²) in [4.78, 5) is 25.5. The molecule has 0 saturated carbocycles. The molecule has 1 saturated heterocycles. The Morgan fingerprint density at radius 3 is 2.65 bits per heavy atom. The van der Waals surface area contributed by atoms with Crippen molar-refractivity contribution in [1.82, 2.24) is 10.2 Å². The van der Waals surface area contributed by atoms with Crippen molar-refractivity contribution in [3.63, 3.8) is 0 Å². The van der Waals surface area contributed by atoms with E-state index < -0.39 is 0 Å². The van der Waals surface area contributed by atoms with Crippen LogP contribution < -0.4 is 5.32 Å². The van der Waals surface area contributed by atoms with Crippen LogP contribution in [0.1, 0.15) is 30.6 Å². The van der Waals surface area contributed by atoms with Gasteiger partial charge in [0.2, 0.25) is 5.91 Å². The standard InChI is InChI=1S/C14H20N2O4/c1-10-7-16(8-11(2)20-10)13(17)3-5-15-14(18)12-4-6-19-9-12/h4,6,9-11H,3,5,7-8H2,1-2H3,(H,15,18). The molecule has 6 nitrogen and oxygen atoms in total. The first kappa shape index (κ1) is 14.6. The minimum absolute atomic E-state index is 0.0412. The second-order valence-corrected chi connectivity index (χ2v) is 5.07. The zero-order valence-electron chi connectivity index (χ0n) is 11.8. The zero-order valence-corrected chi connectivity index (χ0v) is 11.8. The molecule has 0 radical (unpaired) electrons. The van der Waals surface area contributed by atoms with Crippen molar-refractivity contribution < 1.29 is 18.7 Å². The Balaban J connectivity index is 1.73. The topological polar surface area (TPSA) is 71.8 Å². The number of carbonyl (C=O) groups excluding carboxylic acids is 2. The molecule has 1 aromatic rings. The number of nitrogens with zero attached hydrogens (tertiary/aromatic N) is 1. The third kappa shape index (κ3) is 3.84. The van der Waals surface area contributed by atoms with Gasteiger partial charge in [-0.05, 0) is 19.9 Å². The number of carbonyl (C=O) groups is 2. The van der Waals surface area contributed by atoms with Gasteiger partial charge < -0.3 is 19.4 Å². The first-order chi connectivity index (χ1) is 9.56. The first-order valence-electron chi connectivity index (χ1n) is 6.80. The van der Waals surface area contributed by atoms with Crippen molar-refractivity contribution in [2.45, 2.75) is 32.5 Å². The van der Waals surface area contributed by atoms with Gasteiger partial charge in [0.15, 0.2) is 0 Å². The predicted octanol–water partition coefficient (Wildman–Crippen LogP) is 1.04. The van der Waals surface area contributed by atoms with Gasteiger partial charge in [0, 0.05) is 26.1 Å². The van der Waals surface area contributed by atoms with Crippen molar-refractivity contribution in [3.8, 4) is 0 Å². The molecule has 0 aromatic carbocycles. The van der Waals surface area contributed by atoms with E-state index in [4.69, 9.17) is 9.15 Å². The normalized spacial score (nSPS) is 22.6. The van der Waals surface area contributed by atoms with Gasteiger partial charge in [0.1, 0.15) is 6.26 Å². The Kier molecular flexibility index (Phi) is 4.79. The van der Waals surface area contributed by atoms with Crippen molar-refractivity contribution in [2.75, 3.05) is 19.6 Å². The van der Waals surface area contributed by atoms with E-state index in [9.17, 15) is 9.59 Å². The van der Waals surface area contributed by atoms with Crippen LogP contribution in [0.5, 0.6) is 0 Å².